The van der Waals surface area contributed by atoms with E-state index in [9.17, 15) is 9.59 Å². The molecule has 7 heteroatoms. The first-order chi connectivity index (χ1) is 8.90. The van der Waals surface area contributed by atoms with Crippen LogP contribution >= 0.6 is 24.0 Å². The lowest BCUT2D eigenvalue weighted by molar-refractivity contribution is -0.119. The molecular weight excluding hydrogens is 282 g/mol. The Morgan fingerprint density at radius 2 is 1.79 bits per heavy atom. The van der Waals surface area contributed by atoms with Crippen molar-refractivity contribution in [3.8, 4) is 0 Å². The maximum absolute atomic E-state index is 11.8. The van der Waals surface area contributed by atoms with Gasteiger partial charge in [0.2, 0.25) is 5.91 Å². The van der Waals surface area contributed by atoms with Gasteiger partial charge in [-0.3, -0.25) is 10.1 Å². The maximum atomic E-state index is 11.8. The number of nitrogens with one attached hydrogen (secondary N) is 2. The normalized spacial score (nSPS) is 16.3. The number of imide groups is 1. The minimum atomic E-state index is -0.459. The van der Waals surface area contributed by atoms with Crippen molar-refractivity contribution in [3.05, 3.63) is 0 Å². The largest absolute Gasteiger partial charge is 0.358 e. The zero-order chi connectivity index (χ0) is 14.4. The van der Waals surface area contributed by atoms with Crippen LogP contribution in [0.4, 0.5) is 4.79 Å². The van der Waals surface area contributed by atoms with E-state index in [2.05, 4.69) is 15.5 Å². The number of carbonyl (C=O) groups excluding carboxylic acids is 2. The third-order valence-electron chi connectivity index (χ3n) is 2.67. The molecule has 0 radical (unpaired) electrons. The molecule has 0 spiro atoms. The zero-order valence-electron chi connectivity index (χ0n) is 11.6. The van der Waals surface area contributed by atoms with Crippen LogP contribution in [0.5, 0.6) is 0 Å². The summed E-state index contributed by atoms with van der Waals surface area (Å²) in [5.74, 6) is -0.315. The van der Waals surface area contributed by atoms with Crippen LogP contribution in [-0.2, 0) is 4.79 Å². The van der Waals surface area contributed by atoms with Gasteiger partial charge >= 0.3 is 6.03 Å². The van der Waals surface area contributed by atoms with Crippen molar-refractivity contribution in [1.82, 2.24) is 15.5 Å². The van der Waals surface area contributed by atoms with Gasteiger partial charge in [0.05, 0.1) is 5.25 Å². The number of likely N-dealkylation sites (tertiary alicyclic amines) is 1. The summed E-state index contributed by atoms with van der Waals surface area (Å²) in [7, 11) is 0. The Labute approximate surface area is 123 Å². The van der Waals surface area contributed by atoms with Gasteiger partial charge in [0, 0.05) is 19.1 Å². The second-order valence-electron chi connectivity index (χ2n) is 4.84. The number of rotatable bonds is 3. The van der Waals surface area contributed by atoms with Gasteiger partial charge in [0.1, 0.15) is 4.32 Å². The number of hydrogen-bond acceptors (Lipinski definition) is 4. The number of nitrogens with zero attached hydrogens (tertiary/aromatic N) is 1. The molecule has 1 aliphatic rings. The molecule has 1 heterocycles. The van der Waals surface area contributed by atoms with Crippen molar-refractivity contribution >= 4 is 40.2 Å². The maximum Gasteiger partial charge on any atom is 0.321 e. The first-order valence-corrected chi connectivity index (χ1v) is 7.76. The Kier molecular flexibility index (Phi) is 6.57. The molecule has 1 fully saturated rings. The Morgan fingerprint density at radius 3 is 2.32 bits per heavy atom. The van der Waals surface area contributed by atoms with E-state index in [0.29, 0.717) is 0 Å². The van der Waals surface area contributed by atoms with Gasteiger partial charge in [-0.15, -0.1) is 0 Å². The minimum Gasteiger partial charge on any atom is -0.358 e. The zero-order valence-corrected chi connectivity index (χ0v) is 13.2. The molecule has 5 nitrogen and oxygen atoms in total. The number of thiocarbonyl (C=S) groups is 1. The lowest BCUT2D eigenvalue weighted by Crippen LogP contribution is -2.45. The minimum absolute atomic E-state index is 0.00133. The Morgan fingerprint density at radius 1 is 1.21 bits per heavy atom. The summed E-state index contributed by atoms with van der Waals surface area (Å²) in [5, 5.41) is 4.56. The van der Waals surface area contributed by atoms with Crippen LogP contribution in [-0.4, -0.2) is 45.5 Å². The van der Waals surface area contributed by atoms with Crippen molar-refractivity contribution < 1.29 is 9.59 Å². The van der Waals surface area contributed by atoms with Crippen LogP contribution < -0.4 is 10.6 Å². The van der Waals surface area contributed by atoms with Gasteiger partial charge < -0.3 is 10.2 Å². The summed E-state index contributed by atoms with van der Waals surface area (Å²) in [6.45, 7) is 7.36. The second kappa shape index (κ2) is 7.69. The summed E-state index contributed by atoms with van der Waals surface area (Å²) >= 11 is 6.63. The molecule has 3 amide bonds. The lowest BCUT2D eigenvalue weighted by atomic mass is 10.4. The third kappa shape index (κ3) is 5.78. The number of amides is 3. The summed E-state index contributed by atoms with van der Waals surface area (Å²) in [5.41, 5.74) is 0. The van der Waals surface area contributed by atoms with Gasteiger partial charge in [-0.25, -0.2) is 4.79 Å². The highest BCUT2D eigenvalue weighted by Crippen LogP contribution is 2.20. The fourth-order valence-electron chi connectivity index (χ4n) is 1.69. The monoisotopic (exact) mass is 303 g/mol. The molecule has 108 valence electrons. The van der Waals surface area contributed by atoms with Gasteiger partial charge in [0.25, 0.3) is 0 Å². The third-order valence-corrected chi connectivity index (χ3v) is 4.24. The molecule has 19 heavy (non-hydrogen) atoms. The molecule has 1 rings (SSSR count). The van der Waals surface area contributed by atoms with Crippen LogP contribution in [0.15, 0.2) is 0 Å². The molecule has 0 unspecified atom stereocenters. The molecule has 0 bridgehead atoms. The molecule has 0 saturated carbocycles. The summed E-state index contributed by atoms with van der Waals surface area (Å²) in [6, 6.07) is -0.457. The topological polar surface area (TPSA) is 61.4 Å². The molecule has 2 N–H and O–H groups in total. The van der Waals surface area contributed by atoms with Crippen molar-refractivity contribution in [3.63, 3.8) is 0 Å². The fourth-order valence-corrected chi connectivity index (χ4v) is 3.11. The van der Waals surface area contributed by atoms with Crippen molar-refractivity contribution in [2.45, 2.75) is 44.9 Å². The number of hydrogen-bond donors (Lipinski definition) is 2. The van der Waals surface area contributed by atoms with Crippen molar-refractivity contribution in [2.75, 3.05) is 13.1 Å². The predicted molar refractivity (Wildman–Crippen MR) is 82.3 cm³/mol. The van der Waals surface area contributed by atoms with E-state index >= 15 is 0 Å². The van der Waals surface area contributed by atoms with Crippen LogP contribution in [0.2, 0.25) is 0 Å². The molecule has 0 aromatic heterocycles. The lowest BCUT2D eigenvalue weighted by Gasteiger charge is -2.20. The second-order valence-corrected chi connectivity index (χ2v) is 6.81. The predicted octanol–water partition coefficient (Wildman–Crippen LogP) is 1.72. The molecule has 0 aromatic carbocycles. The van der Waals surface area contributed by atoms with E-state index < -0.39 is 6.03 Å². The summed E-state index contributed by atoms with van der Waals surface area (Å²) in [6.07, 6.45) is 2.30. The first kappa shape index (κ1) is 16.2. The molecule has 0 aromatic rings. The number of urea groups is 1. The van der Waals surface area contributed by atoms with Crippen LogP contribution in [0.1, 0.15) is 33.6 Å². The van der Waals surface area contributed by atoms with Crippen molar-refractivity contribution in [2.24, 2.45) is 0 Å². The first-order valence-electron chi connectivity index (χ1n) is 6.47. The Hall–Kier alpha value is -0.820. The van der Waals surface area contributed by atoms with Gasteiger partial charge in [-0.2, -0.15) is 0 Å². The highest BCUT2D eigenvalue weighted by molar-refractivity contribution is 8.23. The number of thioether (sulfide) groups is 1. The molecule has 1 aliphatic heterocycles. The Bertz CT molecular complexity index is 355. The van der Waals surface area contributed by atoms with E-state index in [1.54, 1.807) is 6.92 Å². The van der Waals surface area contributed by atoms with Gasteiger partial charge in [-0.1, -0.05) is 24.0 Å². The molecule has 1 atom stereocenters. The molecule has 0 aliphatic carbocycles. The van der Waals surface area contributed by atoms with Crippen LogP contribution in [0, 0.1) is 0 Å². The highest BCUT2D eigenvalue weighted by Gasteiger charge is 2.22. The SMILES string of the molecule is CC(C)NC(=O)NC(=O)[C@H](C)SC(=S)N1CCCC1. The Balaban J connectivity index is 2.35. The fraction of sp³-hybridized carbons (Fsp3) is 0.750. The smallest absolute Gasteiger partial charge is 0.321 e. The summed E-state index contributed by atoms with van der Waals surface area (Å²) in [4.78, 5) is 25.3. The van der Waals surface area contributed by atoms with E-state index in [-0.39, 0.29) is 17.2 Å². The van der Waals surface area contributed by atoms with Gasteiger partial charge in [-0.05, 0) is 33.6 Å². The van der Waals surface area contributed by atoms with Gasteiger partial charge in [0.15, 0.2) is 0 Å². The molecular formula is C12H21N3O2S2. The van der Waals surface area contributed by atoms with Crippen molar-refractivity contribution in [1.29, 1.82) is 0 Å². The molecule has 1 saturated heterocycles. The van der Waals surface area contributed by atoms with E-state index in [0.717, 1.165) is 30.3 Å². The van der Waals surface area contributed by atoms with E-state index in [4.69, 9.17) is 12.2 Å². The quantitative estimate of drug-likeness (QED) is 0.778. The number of carbonyl (C=O) groups is 2. The average molecular weight is 303 g/mol. The average Bonchev–Trinajstić information content (AvgIpc) is 2.80. The van der Waals surface area contributed by atoms with Crippen LogP contribution in [0.25, 0.3) is 0 Å². The highest BCUT2D eigenvalue weighted by atomic mass is 32.2. The van der Waals surface area contributed by atoms with E-state index in [1.165, 1.54) is 11.8 Å². The standard InChI is InChI=1S/C12H21N3O2S2/c1-8(2)13-11(17)14-10(16)9(3)19-12(18)15-6-4-5-7-15/h8-9H,4-7H2,1-3H3,(H2,13,14,16,17)/t9-/m0/s1. The van der Waals surface area contributed by atoms with E-state index in [1.807, 2.05) is 13.8 Å². The van der Waals surface area contributed by atoms with Crippen LogP contribution in [0.3, 0.4) is 0 Å². The summed E-state index contributed by atoms with van der Waals surface area (Å²) < 4.78 is 0.740.